The fourth-order valence-corrected chi connectivity index (χ4v) is 6.48. The van der Waals surface area contributed by atoms with E-state index in [1.807, 2.05) is 121 Å². The van der Waals surface area contributed by atoms with Gasteiger partial charge in [0, 0.05) is 0 Å². The van der Waals surface area contributed by atoms with Crippen molar-refractivity contribution in [3.63, 3.8) is 0 Å². The highest BCUT2D eigenvalue weighted by molar-refractivity contribution is 5.81. The maximum atomic E-state index is 12.8. The highest BCUT2D eigenvalue weighted by Gasteiger charge is 2.48. The minimum Gasteiger partial charge on any atom is -0.467 e. The first kappa shape index (κ1) is 41.6. The average molecular weight is 754 g/mol. The number of carbonyl (C=O) groups is 2. The predicted molar refractivity (Wildman–Crippen MR) is 209 cm³/mol. The quantitative estimate of drug-likeness (QED) is 0.0954. The third-order valence-corrected chi connectivity index (χ3v) is 9.14. The van der Waals surface area contributed by atoms with Crippen molar-refractivity contribution >= 4 is 12.1 Å². The van der Waals surface area contributed by atoms with Crippen LogP contribution in [0.15, 0.2) is 121 Å². The summed E-state index contributed by atoms with van der Waals surface area (Å²) in [6.45, 7) is 6.93. The van der Waals surface area contributed by atoms with Gasteiger partial charge in [-0.25, -0.2) is 9.59 Å². The summed E-state index contributed by atoms with van der Waals surface area (Å²) in [4.78, 5) is 25.5. The molecule has 6 atom stereocenters. The molecule has 0 radical (unpaired) electrons. The fraction of sp³-hybridized carbons (Fsp3) is 0.422. The molecule has 294 valence electrons. The van der Waals surface area contributed by atoms with Gasteiger partial charge in [0.1, 0.15) is 36.1 Å². The summed E-state index contributed by atoms with van der Waals surface area (Å²) in [5, 5.41) is 2.69. The molecule has 4 aromatic rings. The Kier molecular flexibility index (Phi) is 16.2. The van der Waals surface area contributed by atoms with Gasteiger partial charge >= 0.3 is 12.1 Å². The third kappa shape index (κ3) is 13.9. The van der Waals surface area contributed by atoms with Gasteiger partial charge in [0.2, 0.25) is 0 Å². The number of hydrogen-bond donors (Lipinski definition) is 1. The molecule has 1 saturated heterocycles. The van der Waals surface area contributed by atoms with E-state index in [1.165, 1.54) is 7.11 Å². The molecule has 0 bridgehead atoms. The molecule has 10 nitrogen and oxygen atoms in total. The number of rotatable bonds is 19. The van der Waals surface area contributed by atoms with E-state index >= 15 is 0 Å². The van der Waals surface area contributed by atoms with E-state index in [2.05, 4.69) is 5.32 Å². The molecule has 1 fully saturated rings. The number of esters is 1. The number of hydrogen-bond acceptors (Lipinski definition) is 9. The van der Waals surface area contributed by atoms with Crippen LogP contribution in [0.1, 0.15) is 62.3 Å². The lowest BCUT2D eigenvalue weighted by atomic mass is 9.91. The van der Waals surface area contributed by atoms with Crippen molar-refractivity contribution in [3.05, 3.63) is 144 Å². The molecule has 1 aliphatic heterocycles. The van der Waals surface area contributed by atoms with Crippen LogP contribution in [0.2, 0.25) is 0 Å². The maximum absolute atomic E-state index is 12.8. The van der Waals surface area contributed by atoms with Crippen LogP contribution in [0.5, 0.6) is 0 Å². The average Bonchev–Trinajstić information content (AvgIpc) is 3.19. The van der Waals surface area contributed by atoms with Gasteiger partial charge in [0.05, 0.1) is 46.2 Å². The van der Waals surface area contributed by atoms with Crippen molar-refractivity contribution in [2.75, 3.05) is 13.7 Å². The Bertz CT molecular complexity index is 1690. The maximum Gasteiger partial charge on any atom is 0.408 e. The largest absolute Gasteiger partial charge is 0.467 e. The molecule has 0 spiro atoms. The molecule has 0 aromatic heterocycles. The highest BCUT2D eigenvalue weighted by Crippen LogP contribution is 2.33. The Morgan fingerprint density at radius 1 is 0.636 bits per heavy atom. The van der Waals surface area contributed by atoms with Crippen LogP contribution < -0.4 is 5.32 Å². The first-order valence-electron chi connectivity index (χ1n) is 19.0. The van der Waals surface area contributed by atoms with Gasteiger partial charge in [-0.05, 0) is 62.3 Å². The zero-order valence-electron chi connectivity index (χ0n) is 32.3. The summed E-state index contributed by atoms with van der Waals surface area (Å²) >= 11 is 0. The van der Waals surface area contributed by atoms with Crippen LogP contribution in [0.4, 0.5) is 4.79 Å². The SMILES string of the molecule is COC(=O)[C@H](CCC[C@@H]1O[C@H](COCc2ccccc2)[C@H](OCc2ccccc2)[C@H](OCc2ccccc2)[C@H]1OCc1ccccc1)NC(=O)OC(C)(C)C. The Morgan fingerprint density at radius 2 is 1.07 bits per heavy atom. The van der Waals surface area contributed by atoms with E-state index in [-0.39, 0.29) is 13.0 Å². The Morgan fingerprint density at radius 3 is 1.53 bits per heavy atom. The molecule has 1 amide bonds. The number of ether oxygens (including phenoxy) is 7. The summed E-state index contributed by atoms with van der Waals surface area (Å²) in [5.74, 6) is -0.557. The Balaban J connectivity index is 1.42. The van der Waals surface area contributed by atoms with E-state index in [9.17, 15) is 9.59 Å². The van der Waals surface area contributed by atoms with E-state index in [4.69, 9.17) is 33.2 Å². The number of nitrogens with one attached hydrogen (secondary N) is 1. The van der Waals surface area contributed by atoms with Crippen molar-refractivity contribution in [1.82, 2.24) is 5.32 Å². The zero-order chi connectivity index (χ0) is 38.9. The number of benzene rings is 4. The Hall–Kier alpha value is -4.58. The zero-order valence-corrected chi connectivity index (χ0v) is 32.3. The number of methoxy groups -OCH3 is 1. The monoisotopic (exact) mass is 753 g/mol. The fourth-order valence-electron chi connectivity index (χ4n) is 6.48. The lowest BCUT2D eigenvalue weighted by molar-refractivity contribution is -0.273. The third-order valence-electron chi connectivity index (χ3n) is 9.14. The standard InChI is InChI=1S/C45H55NO9/c1-45(2,3)55-44(48)46-37(43(47)49-4)26-17-27-38-40(51-29-34-20-11-6-12-21-34)42(53-31-36-24-15-8-16-25-36)41(52-30-35-22-13-7-14-23-35)39(54-38)32-50-28-33-18-9-5-10-19-33/h5-16,18-25,37-42H,17,26-32H2,1-4H3,(H,46,48)/t37-,38-,39+,40-,41-,42+/m0/s1. The molecule has 0 saturated carbocycles. The van der Waals surface area contributed by atoms with Gasteiger partial charge < -0.3 is 38.5 Å². The molecule has 10 heteroatoms. The summed E-state index contributed by atoms with van der Waals surface area (Å²) in [7, 11) is 1.30. The smallest absolute Gasteiger partial charge is 0.408 e. The molecule has 4 aromatic carbocycles. The second-order valence-electron chi connectivity index (χ2n) is 14.7. The predicted octanol–water partition coefficient (Wildman–Crippen LogP) is 7.96. The van der Waals surface area contributed by atoms with Gasteiger partial charge in [-0.15, -0.1) is 0 Å². The number of alkyl carbamates (subject to hydrolysis) is 1. The molecule has 1 aliphatic rings. The summed E-state index contributed by atoms with van der Waals surface area (Å²) in [5.41, 5.74) is 3.35. The van der Waals surface area contributed by atoms with Crippen molar-refractivity contribution in [1.29, 1.82) is 0 Å². The number of carbonyl (C=O) groups excluding carboxylic acids is 2. The molecule has 1 heterocycles. The van der Waals surface area contributed by atoms with Crippen molar-refractivity contribution in [2.24, 2.45) is 0 Å². The first-order valence-corrected chi connectivity index (χ1v) is 19.0. The summed E-state index contributed by atoms with van der Waals surface area (Å²) in [6.07, 6.45) is -2.12. The topological polar surface area (TPSA) is 111 Å². The second-order valence-corrected chi connectivity index (χ2v) is 14.7. The van der Waals surface area contributed by atoms with Gasteiger partial charge in [-0.1, -0.05) is 121 Å². The molecule has 55 heavy (non-hydrogen) atoms. The molecule has 5 rings (SSSR count). The van der Waals surface area contributed by atoms with Crippen LogP contribution >= 0.6 is 0 Å². The van der Waals surface area contributed by atoms with E-state index in [1.54, 1.807) is 20.8 Å². The highest BCUT2D eigenvalue weighted by atomic mass is 16.6. The minimum absolute atomic E-state index is 0.242. The molecular weight excluding hydrogens is 698 g/mol. The van der Waals surface area contributed by atoms with Gasteiger partial charge in [0.15, 0.2) is 0 Å². The molecule has 1 N–H and O–H groups in total. The minimum atomic E-state index is -0.913. The van der Waals surface area contributed by atoms with Gasteiger partial charge in [-0.2, -0.15) is 0 Å². The van der Waals surface area contributed by atoms with Crippen molar-refractivity contribution in [3.8, 4) is 0 Å². The van der Waals surface area contributed by atoms with Crippen LogP contribution in [0, 0.1) is 0 Å². The molecule has 0 unspecified atom stereocenters. The summed E-state index contributed by atoms with van der Waals surface area (Å²) < 4.78 is 44.1. The van der Waals surface area contributed by atoms with Gasteiger partial charge in [-0.3, -0.25) is 0 Å². The van der Waals surface area contributed by atoms with Crippen molar-refractivity contribution < 1.29 is 42.7 Å². The Labute approximate surface area is 325 Å². The second kappa shape index (κ2) is 21.5. The van der Waals surface area contributed by atoms with Crippen LogP contribution in [0.3, 0.4) is 0 Å². The summed E-state index contributed by atoms with van der Waals surface area (Å²) in [6, 6.07) is 39.1. The molecule has 0 aliphatic carbocycles. The van der Waals surface area contributed by atoms with Crippen LogP contribution in [-0.4, -0.2) is 67.9 Å². The van der Waals surface area contributed by atoms with E-state index < -0.39 is 54.2 Å². The van der Waals surface area contributed by atoms with Crippen LogP contribution in [-0.2, 0) is 64.4 Å². The number of amides is 1. The normalized spacial score (nSPS) is 20.3. The lowest BCUT2D eigenvalue weighted by Gasteiger charge is -2.46. The van der Waals surface area contributed by atoms with Crippen LogP contribution in [0.25, 0.3) is 0 Å². The van der Waals surface area contributed by atoms with Crippen molar-refractivity contribution in [2.45, 2.75) is 109 Å². The van der Waals surface area contributed by atoms with Gasteiger partial charge in [0.25, 0.3) is 0 Å². The van der Waals surface area contributed by atoms with E-state index in [0.29, 0.717) is 39.3 Å². The lowest BCUT2D eigenvalue weighted by Crippen LogP contribution is -2.61. The first-order chi connectivity index (χ1) is 26.7. The van der Waals surface area contributed by atoms with E-state index in [0.717, 1.165) is 22.3 Å². The molecular formula is C45H55NO9.